The fraction of sp³-hybridized carbons (Fsp3) is 0.414. The molecule has 0 aromatic heterocycles. The third kappa shape index (κ3) is 9.51. The second-order valence-corrected chi connectivity index (χ2v) is 11.2. The van der Waals surface area contributed by atoms with Gasteiger partial charge >= 0.3 is 0 Å². The van der Waals surface area contributed by atoms with Crippen LogP contribution in [-0.4, -0.2) is 47.5 Å². The minimum atomic E-state index is -1.09. The van der Waals surface area contributed by atoms with Crippen molar-refractivity contribution in [2.75, 3.05) is 0 Å². The highest BCUT2D eigenvalue weighted by molar-refractivity contribution is 6.38. The van der Waals surface area contributed by atoms with E-state index in [1.54, 1.807) is 52.8 Å². The average Bonchev–Trinajstić information content (AvgIpc) is 2.87. The van der Waals surface area contributed by atoms with Crippen LogP contribution < -0.4 is 21.3 Å². The van der Waals surface area contributed by atoms with Crippen LogP contribution in [0.15, 0.2) is 54.6 Å². The molecule has 0 bridgehead atoms. The van der Waals surface area contributed by atoms with Crippen LogP contribution in [0.5, 0.6) is 0 Å². The Bertz CT molecular complexity index is 1190. The van der Waals surface area contributed by atoms with Gasteiger partial charge < -0.3 is 21.3 Å². The molecule has 3 atom stereocenters. The molecule has 2 aromatic rings. The Morgan fingerprint density at radius 1 is 0.821 bits per heavy atom. The van der Waals surface area contributed by atoms with Gasteiger partial charge in [0.05, 0.1) is 6.04 Å². The van der Waals surface area contributed by atoms with Gasteiger partial charge in [0.2, 0.25) is 17.6 Å². The first-order chi connectivity index (χ1) is 18.2. The Balaban J connectivity index is 2.04. The largest absolute Gasteiger partial charge is 0.345 e. The molecule has 2 rings (SSSR count). The molecule has 0 spiro atoms. The van der Waals surface area contributed by atoms with E-state index >= 15 is 0 Å². The summed E-state index contributed by atoms with van der Waals surface area (Å²) in [6.45, 7) is 10.4. The molecule has 2 aromatic carbocycles. The van der Waals surface area contributed by atoms with E-state index in [0.29, 0.717) is 10.6 Å². The van der Waals surface area contributed by atoms with Crippen LogP contribution >= 0.6 is 11.6 Å². The minimum Gasteiger partial charge on any atom is -0.345 e. The highest BCUT2D eigenvalue weighted by atomic mass is 35.5. The molecular weight excluding hydrogens is 520 g/mol. The number of rotatable bonds is 11. The molecule has 10 heteroatoms. The molecule has 0 aliphatic carbocycles. The van der Waals surface area contributed by atoms with E-state index in [0.717, 1.165) is 5.56 Å². The first-order valence-electron chi connectivity index (χ1n) is 12.7. The van der Waals surface area contributed by atoms with Crippen molar-refractivity contribution < 1.29 is 24.0 Å². The van der Waals surface area contributed by atoms with Gasteiger partial charge in [-0.05, 0) is 42.0 Å². The van der Waals surface area contributed by atoms with Gasteiger partial charge in [-0.3, -0.25) is 24.0 Å². The number of amides is 4. The second-order valence-electron chi connectivity index (χ2n) is 10.8. The third-order valence-electron chi connectivity index (χ3n) is 6.01. The number of hydrogen-bond acceptors (Lipinski definition) is 5. The molecule has 4 N–H and O–H groups in total. The summed E-state index contributed by atoms with van der Waals surface area (Å²) < 4.78 is 0. The molecule has 39 heavy (non-hydrogen) atoms. The summed E-state index contributed by atoms with van der Waals surface area (Å²) >= 11 is 5.98. The topological polar surface area (TPSA) is 133 Å². The van der Waals surface area contributed by atoms with E-state index in [9.17, 15) is 24.0 Å². The van der Waals surface area contributed by atoms with Crippen molar-refractivity contribution in [2.24, 2.45) is 11.3 Å². The van der Waals surface area contributed by atoms with Crippen LogP contribution in [0, 0.1) is 11.3 Å². The van der Waals surface area contributed by atoms with Crippen LogP contribution in [0.4, 0.5) is 0 Å². The van der Waals surface area contributed by atoms with Gasteiger partial charge in [-0.2, -0.15) is 0 Å². The lowest BCUT2D eigenvalue weighted by molar-refractivity contribution is -0.141. The molecule has 9 nitrogen and oxygen atoms in total. The van der Waals surface area contributed by atoms with E-state index in [1.807, 2.05) is 30.3 Å². The van der Waals surface area contributed by atoms with Crippen molar-refractivity contribution >= 4 is 41.0 Å². The molecule has 0 heterocycles. The van der Waals surface area contributed by atoms with Crippen molar-refractivity contribution in [3.05, 3.63) is 70.7 Å². The Hall–Kier alpha value is -3.72. The monoisotopic (exact) mass is 556 g/mol. The molecule has 0 saturated carbocycles. The zero-order valence-electron chi connectivity index (χ0n) is 23.1. The molecular formula is C29H37ClN4O5. The predicted molar refractivity (Wildman–Crippen MR) is 150 cm³/mol. The quantitative estimate of drug-likeness (QED) is 0.316. The van der Waals surface area contributed by atoms with E-state index in [4.69, 9.17) is 11.6 Å². The zero-order chi connectivity index (χ0) is 29.3. The van der Waals surface area contributed by atoms with Gasteiger partial charge in [0.25, 0.3) is 11.8 Å². The lowest BCUT2D eigenvalue weighted by Crippen LogP contribution is -2.59. The van der Waals surface area contributed by atoms with Crippen LogP contribution in [0.2, 0.25) is 5.02 Å². The maximum atomic E-state index is 13.2. The number of carbonyl (C=O) groups excluding carboxylic acids is 5. The number of ketones is 1. The molecule has 0 saturated heterocycles. The molecule has 4 amide bonds. The Morgan fingerprint density at radius 3 is 2.03 bits per heavy atom. The maximum Gasteiger partial charge on any atom is 0.289 e. The number of hydrogen-bond donors (Lipinski definition) is 4. The minimum absolute atomic E-state index is 0.172. The van der Waals surface area contributed by atoms with Crippen molar-refractivity contribution in [1.29, 1.82) is 0 Å². The summed E-state index contributed by atoms with van der Waals surface area (Å²) in [5, 5.41) is 10.9. The summed E-state index contributed by atoms with van der Waals surface area (Å²) in [5.74, 6) is -3.68. The number of halogens is 1. The summed E-state index contributed by atoms with van der Waals surface area (Å²) in [6.07, 6.45) is 0. The lowest BCUT2D eigenvalue weighted by atomic mass is 9.85. The van der Waals surface area contributed by atoms with E-state index in [1.165, 1.54) is 13.0 Å². The normalized spacial score (nSPS) is 13.5. The van der Waals surface area contributed by atoms with Gasteiger partial charge in [-0.25, -0.2) is 0 Å². The maximum absolute atomic E-state index is 13.2. The van der Waals surface area contributed by atoms with Crippen molar-refractivity contribution in [1.82, 2.24) is 21.3 Å². The molecule has 0 aliphatic heterocycles. The van der Waals surface area contributed by atoms with Gasteiger partial charge in [-0.1, -0.05) is 82.6 Å². The Morgan fingerprint density at radius 2 is 1.46 bits per heavy atom. The molecule has 0 radical (unpaired) electrons. The van der Waals surface area contributed by atoms with Crippen LogP contribution in [0.3, 0.4) is 0 Å². The van der Waals surface area contributed by atoms with E-state index < -0.39 is 53.0 Å². The summed E-state index contributed by atoms with van der Waals surface area (Å²) in [5.41, 5.74) is 0.428. The highest BCUT2D eigenvalue weighted by Gasteiger charge is 2.36. The molecule has 3 unspecified atom stereocenters. The molecule has 0 aliphatic rings. The van der Waals surface area contributed by atoms with Gasteiger partial charge in [-0.15, -0.1) is 0 Å². The van der Waals surface area contributed by atoms with Crippen LogP contribution in [0.25, 0.3) is 0 Å². The highest BCUT2D eigenvalue weighted by Crippen LogP contribution is 2.21. The van der Waals surface area contributed by atoms with Crippen LogP contribution in [0.1, 0.15) is 57.5 Å². The fourth-order valence-corrected chi connectivity index (χ4v) is 3.89. The number of carbonyl (C=O) groups is 5. The third-order valence-corrected chi connectivity index (χ3v) is 6.24. The van der Waals surface area contributed by atoms with E-state index in [2.05, 4.69) is 21.3 Å². The van der Waals surface area contributed by atoms with Gasteiger partial charge in [0.15, 0.2) is 0 Å². The second kappa shape index (κ2) is 13.9. The van der Waals surface area contributed by atoms with Crippen LogP contribution in [-0.2, 0) is 25.7 Å². The standard InChI is InChI=1S/C29H37ClN4O5/c1-17(2)22(23(35)27(38)31-16-19-11-8-7-9-12-19)33-25(36)18(3)32-28(39)24(29(4,5)6)34-26(37)20-13-10-14-21(30)15-20/h7-15,17-18,22,24H,16H2,1-6H3,(H,31,38)(H,32,39)(H,33,36)(H,34,37). The van der Waals surface area contributed by atoms with Crippen molar-refractivity contribution in [2.45, 2.75) is 66.2 Å². The number of Topliss-reactive ketones (excluding diaryl/α,β-unsaturated/α-hetero) is 1. The number of nitrogens with one attached hydrogen (secondary N) is 4. The molecule has 0 fully saturated rings. The first-order valence-corrected chi connectivity index (χ1v) is 13.1. The van der Waals surface area contributed by atoms with Crippen molar-refractivity contribution in [3.8, 4) is 0 Å². The Kier molecular flexibility index (Phi) is 11.2. The van der Waals surface area contributed by atoms with Gasteiger partial charge in [0, 0.05) is 17.1 Å². The van der Waals surface area contributed by atoms with Crippen molar-refractivity contribution in [3.63, 3.8) is 0 Å². The van der Waals surface area contributed by atoms with E-state index in [-0.39, 0.29) is 12.5 Å². The average molecular weight is 557 g/mol. The zero-order valence-corrected chi connectivity index (χ0v) is 23.9. The summed E-state index contributed by atoms with van der Waals surface area (Å²) in [4.78, 5) is 64.2. The SMILES string of the molecule is CC(NC(=O)C(NC(=O)c1cccc(Cl)c1)C(C)(C)C)C(=O)NC(C(=O)C(=O)NCc1ccccc1)C(C)C. The smallest absolute Gasteiger partial charge is 0.289 e. The predicted octanol–water partition coefficient (Wildman–Crippen LogP) is 3.02. The Labute approximate surface area is 234 Å². The van der Waals surface area contributed by atoms with Gasteiger partial charge in [0.1, 0.15) is 12.1 Å². The lowest BCUT2D eigenvalue weighted by Gasteiger charge is -2.31. The summed E-state index contributed by atoms with van der Waals surface area (Å²) in [6, 6.07) is 12.3. The number of benzene rings is 2. The molecule has 210 valence electrons. The summed E-state index contributed by atoms with van der Waals surface area (Å²) in [7, 11) is 0. The fourth-order valence-electron chi connectivity index (χ4n) is 3.70. The first kappa shape index (κ1) is 31.5.